The number of aliphatic hydroxyl groups excluding tert-OH is 2. The van der Waals surface area contributed by atoms with E-state index >= 15 is 0 Å². The van der Waals surface area contributed by atoms with Crippen LogP contribution in [0, 0.1) is 0 Å². The second-order valence-electron chi connectivity index (χ2n) is 5.57. The summed E-state index contributed by atoms with van der Waals surface area (Å²) >= 11 is 6.45. The number of hydrogen-bond acceptors (Lipinski definition) is 9. The molecule has 11 heteroatoms. The number of anilines is 1. The summed E-state index contributed by atoms with van der Waals surface area (Å²) in [6.07, 6.45) is 1.07. The predicted octanol–water partition coefficient (Wildman–Crippen LogP) is 0.289. The van der Waals surface area contributed by atoms with Gasteiger partial charge < -0.3 is 24.7 Å². The van der Waals surface area contributed by atoms with Crippen molar-refractivity contribution in [2.75, 3.05) is 12.1 Å². The third kappa shape index (κ3) is 2.39. The van der Waals surface area contributed by atoms with Crippen LogP contribution in [0.5, 0.6) is 0 Å². The van der Waals surface area contributed by atoms with Crippen molar-refractivity contribution >= 4 is 34.7 Å². The molecule has 130 valence electrons. The van der Waals surface area contributed by atoms with Crippen LogP contribution in [0.15, 0.2) is 17.7 Å². The zero-order valence-corrected chi connectivity index (χ0v) is 13.3. The van der Waals surface area contributed by atoms with E-state index < -0.39 is 29.9 Å². The molecule has 0 amide bonds. The summed E-state index contributed by atoms with van der Waals surface area (Å²) < 4.78 is 7.21. The summed E-state index contributed by atoms with van der Waals surface area (Å²) in [7, 11) is 0. The number of nitrogens with one attached hydrogen (secondary N) is 1. The number of fused-ring (bicyclic) bond motifs is 1. The lowest BCUT2D eigenvalue weighted by Gasteiger charge is -2.26. The van der Waals surface area contributed by atoms with E-state index in [9.17, 15) is 15.4 Å². The fraction of sp³-hybridized carbons (Fsp3) is 0.462. The molecule has 1 aliphatic rings. The third-order valence-electron chi connectivity index (χ3n) is 4.09. The second-order valence-corrected chi connectivity index (χ2v) is 6.39. The summed E-state index contributed by atoms with van der Waals surface area (Å²) in [5, 5.41) is 41.0. The quantitative estimate of drug-likeness (QED) is 0.227. The number of hydrogen-bond donors (Lipinski definition) is 5. The molecule has 0 spiro atoms. The molecule has 0 radical (unpaired) electrons. The first kappa shape index (κ1) is 16.9. The number of ether oxygens (including phenoxy) is 1. The normalized spacial score (nSPS) is 30.5. The number of rotatable bonds is 4. The zero-order chi connectivity index (χ0) is 17.5. The van der Waals surface area contributed by atoms with Gasteiger partial charge in [-0.15, -0.1) is 11.6 Å². The highest BCUT2D eigenvalue weighted by atomic mass is 35.5. The number of nitrogens with zero attached hydrogens (tertiary/aromatic N) is 4. The van der Waals surface area contributed by atoms with Crippen LogP contribution >= 0.6 is 11.6 Å². The van der Waals surface area contributed by atoms with Crippen LogP contribution < -0.4 is 5.48 Å². The van der Waals surface area contributed by atoms with Crippen LogP contribution in [0.3, 0.4) is 0 Å². The fourth-order valence-corrected chi connectivity index (χ4v) is 3.20. The van der Waals surface area contributed by atoms with Crippen molar-refractivity contribution in [1.29, 1.82) is 0 Å². The summed E-state index contributed by atoms with van der Waals surface area (Å²) in [4.78, 5) is 6.81. The highest BCUT2D eigenvalue weighted by molar-refractivity contribution is 6.24. The highest BCUT2D eigenvalue weighted by Crippen LogP contribution is 2.44. The Bertz CT molecular complexity index is 779. The average molecular weight is 358 g/mol. The first-order valence-electron chi connectivity index (χ1n) is 7.02. The third-order valence-corrected chi connectivity index (χ3v) is 4.50. The molecule has 3 heterocycles. The molecule has 5 N–H and O–H groups in total. The van der Waals surface area contributed by atoms with Gasteiger partial charge >= 0.3 is 0 Å². The Labute approximate surface area is 140 Å². The molecule has 2 aromatic rings. The van der Waals surface area contributed by atoms with Gasteiger partial charge in [-0.05, 0) is 6.92 Å². The SMILES string of the molecule is C[C@@]1(Cl)C(O)C(CO)O[C@H]1n1cc(/C=N\O)c2c(NO)ncnc21. The minimum Gasteiger partial charge on any atom is -0.411 e. The Balaban J connectivity index is 2.20. The minimum atomic E-state index is -1.25. The van der Waals surface area contributed by atoms with E-state index in [0.717, 1.165) is 6.21 Å². The first-order valence-corrected chi connectivity index (χ1v) is 7.39. The number of aromatic nitrogens is 3. The lowest BCUT2D eigenvalue weighted by Crippen LogP contribution is -2.39. The van der Waals surface area contributed by atoms with Gasteiger partial charge in [-0.1, -0.05) is 5.16 Å². The Morgan fingerprint density at radius 3 is 2.88 bits per heavy atom. The van der Waals surface area contributed by atoms with E-state index in [1.54, 1.807) is 6.92 Å². The molecular weight excluding hydrogens is 342 g/mol. The van der Waals surface area contributed by atoms with Crippen molar-refractivity contribution in [3.8, 4) is 0 Å². The van der Waals surface area contributed by atoms with Gasteiger partial charge in [0, 0.05) is 11.8 Å². The predicted molar refractivity (Wildman–Crippen MR) is 83.6 cm³/mol. The van der Waals surface area contributed by atoms with Crippen LogP contribution in [0.25, 0.3) is 11.0 Å². The number of halogens is 1. The Morgan fingerprint density at radius 1 is 1.54 bits per heavy atom. The molecule has 0 saturated carbocycles. The molecular formula is C13H16ClN5O5. The largest absolute Gasteiger partial charge is 0.411 e. The van der Waals surface area contributed by atoms with Gasteiger partial charge in [-0.25, -0.2) is 9.97 Å². The van der Waals surface area contributed by atoms with Gasteiger partial charge in [0.2, 0.25) is 0 Å². The lowest BCUT2D eigenvalue weighted by atomic mass is 10.0. The first-order chi connectivity index (χ1) is 11.5. The van der Waals surface area contributed by atoms with Crippen molar-refractivity contribution < 1.29 is 25.4 Å². The monoisotopic (exact) mass is 357 g/mol. The van der Waals surface area contributed by atoms with Crippen LogP contribution in [0.2, 0.25) is 0 Å². The summed E-state index contributed by atoms with van der Waals surface area (Å²) in [5.41, 5.74) is 2.68. The van der Waals surface area contributed by atoms with Gasteiger partial charge in [0.25, 0.3) is 0 Å². The Morgan fingerprint density at radius 2 is 2.29 bits per heavy atom. The summed E-state index contributed by atoms with van der Waals surface area (Å²) in [6.45, 7) is 1.18. The molecule has 4 atom stereocenters. The standard InChI is InChI=1S/C13H16ClN5O5/c1-13(14)9(21)7(4-20)24-12(13)19-3-6(2-17-22)8-10(18-23)15-5-16-11(8)19/h2-3,5,7,9,12,20-23H,4H2,1H3,(H,15,16,18)/b17-2-/t7?,9?,12-,13-/m1/s1. The average Bonchev–Trinajstić information content (AvgIpc) is 3.04. The van der Waals surface area contributed by atoms with Crippen LogP contribution in [-0.4, -0.2) is 65.1 Å². The maximum absolute atomic E-state index is 10.2. The fourth-order valence-electron chi connectivity index (χ4n) is 2.90. The smallest absolute Gasteiger partial charge is 0.163 e. The molecule has 10 nitrogen and oxygen atoms in total. The van der Waals surface area contributed by atoms with E-state index in [1.165, 1.54) is 17.1 Å². The number of alkyl halides is 1. The van der Waals surface area contributed by atoms with E-state index in [4.69, 9.17) is 21.5 Å². The molecule has 0 aromatic carbocycles. The van der Waals surface area contributed by atoms with E-state index in [-0.39, 0.29) is 5.82 Å². The summed E-state index contributed by atoms with van der Waals surface area (Å²) in [5.74, 6) is 0.0992. The van der Waals surface area contributed by atoms with E-state index in [1.807, 2.05) is 5.48 Å². The van der Waals surface area contributed by atoms with Crippen LogP contribution in [0.4, 0.5) is 5.82 Å². The molecule has 0 aliphatic carbocycles. The molecule has 1 fully saturated rings. The van der Waals surface area contributed by atoms with Crippen LogP contribution in [0.1, 0.15) is 18.7 Å². The highest BCUT2D eigenvalue weighted by Gasteiger charge is 2.53. The second kappa shape index (κ2) is 6.15. The lowest BCUT2D eigenvalue weighted by molar-refractivity contribution is -0.0439. The van der Waals surface area contributed by atoms with Gasteiger partial charge in [-0.3, -0.25) is 10.7 Å². The topological polar surface area (TPSA) is 145 Å². The zero-order valence-electron chi connectivity index (χ0n) is 12.5. The van der Waals surface area contributed by atoms with Crippen molar-refractivity contribution in [3.63, 3.8) is 0 Å². The number of oxime groups is 1. The molecule has 3 rings (SSSR count). The number of aliphatic hydroxyl groups is 2. The van der Waals surface area contributed by atoms with Gasteiger partial charge in [0.05, 0.1) is 18.2 Å². The maximum Gasteiger partial charge on any atom is 0.163 e. The molecule has 2 aromatic heterocycles. The van der Waals surface area contributed by atoms with Gasteiger partial charge in [-0.2, -0.15) is 0 Å². The van der Waals surface area contributed by atoms with E-state index in [2.05, 4.69) is 15.1 Å². The molecule has 1 aliphatic heterocycles. The maximum atomic E-state index is 10.2. The van der Waals surface area contributed by atoms with Crippen LogP contribution in [-0.2, 0) is 4.74 Å². The van der Waals surface area contributed by atoms with Gasteiger partial charge in [0.1, 0.15) is 29.1 Å². The molecule has 24 heavy (non-hydrogen) atoms. The molecule has 1 saturated heterocycles. The summed E-state index contributed by atoms with van der Waals surface area (Å²) in [6, 6.07) is 0. The Kier molecular flexibility index (Phi) is 4.32. The van der Waals surface area contributed by atoms with Crippen molar-refractivity contribution in [2.24, 2.45) is 5.16 Å². The molecule has 2 unspecified atom stereocenters. The van der Waals surface area contributed by atoms with E-state index in [0.29, 0.717) is 16.6 Å². The minimum absolute atomic E-state index is 0.0992. The van der Waals surface area contributed by atoms with Crippen molar-refractivity contribution in [2.45, 2.75) is 30.2 Å². The molecule has 0 bridgehead atoms. The van der Waals surface area contributed by atoms with Crippen molar-refractivity contribution in [3.05, 3.63) is 18.1 Å². The van der Waals surface area contributed by atoms with Gasteiger partial charge in [0.15, 0.2) is 12.0 Å². The van der Waals surface area contributed by atoms with Crippen molar-refractivity contribution in [1.82, 2.24) is 14.5 Å². The Hall–Kier alpha value is -1.98.